The first-order chi connectivity index (χ1) is 8.81. The van der Waals surface area contributed by atoms with Crippen molar-refractivity contribution in [2.75, 3.05) is 11.9 Å². The van der Waals surface area contributed by atoms with Crippen LogP contribution in [0.5, 0.6) is 0 Å². The van der Waals surface area contributed by atoms with Gasteiger partial charge in [-0.3, -0.25) is 4.79 Å². The zero-order valence-electron chi connectivity index (χ0n) is 12.5. The number of hydrogen-bond acceptors (Lipinski definition) is 4. The van der Waals surface area contributed by atoms with Crippen molar-refractivity contribution in [2.24, 2.45) is 0 Å². The van der Waals surface area contributed by atoms with E-state index < -0.39 is 0 Å². The second kappa shape index (κ2) is 6.50. The van der Waals surface area contributed by atoms with Crippen molar-refractivity contribution in [3.8, 4) is 0 Å². The summed E-state index contributed by atoms with van der Waals surface area (Å²) in [5, 5.41) is 6.04. The van der Waals surface area contributed by atoms with Crippen LogP contribution in [-0.2, 0) is 0 Å². The molecule has 0 radical (unpaired) electrons. The Morgan fingerprint density at radius 1 is 1.32 bits per heavy atom. The van der Waals surface area contributed by atoms with E-state index in [0.717, 1.165) is 18.5 Å². The predicted octanol–water partition coefficient (Wildman–Crippen LogP) is 2.53. The van der Waals surface area contributed by atoms with E-state index in [0.29, 0.717) is 18.2 Å². The Morgan fingerprint density at radius 3 is 2.58 bits per heavy atom. The standard InChI is InChI=1S/C14H24N4O/c1-6-7-8-15-12(19)11-9-10(2)16-13(17-11)18-14(3,4)5/h9H,6-8H2,1-5H3,(H,15,19)(H,16,17,18). The molecule has 19 heavy (non-hydrogen) atoms. The molecule has 0 aromatic carbocycles. The monoisotopic (exact) mass is 264 g/mol. The maximum atomic E-state index is 12.0. The van der Waals surface area contributed by atoms with Crippen LogP contribution in [0, 0.1) is 6.92 Å². The number of rotatable bonds is 5. The summed E-state index contributed by atoms with van der Waals surface area (Å²) in [6, 6.07) is 1.70. The number of carbonyl (C=O) groups is 1. The van der Waals surface area contributed by atoms with Gasteiger partial charge in [-0.2, -0.15) is 0 Å². The lowest BCUT2D eigenvalue weighted by Crippen LogP contribution is -2.29. The fourth-order valence-electron chi connectivity index (χ4n) is 1.55. The van der Waals surface area contributed by atoms with Crippen molar-refractivity contribution < 1.29 is 4.79 Å². The van der Waals surface area contributed by atoms with Crippen LogP contribution in [0.4, 0.5) is 5.95 Å². The first kappa shape index (κ1) is 15.4. The average Bonchev–Trinajstić information content (AvgIpc) is 2.26. The highest BCUT2D eigenvalue weighted by Crippen LogP contribution is 2.11. The Kier molecular flexibility index (Phi) is 5.27. The number of amides is 1. The molecule has 0 aliphatic carbocycles. The van der Waals surface area contributed by atoms with Gasteiger partial charge in [-0.1, -0.05) is 13.3 Å². The van der Waals surface area contributed by atoms with Crippen molar-refractivity contribution in [1.82, 2.24) is 15.3 Å². The van der Waals surface area contributed by atoms with E-state index in [1.165, 1.54) is 0 Å². The van der Waals surface area contributed by atoms with Crippen LogP contribution in [0.2, 0.25) is 0 Å². The highest BCUT2D eigenvalue weighted by atomic mass is 16.1. The van der Waals surface area contributed by atoms with E-state index in [1.54, 1.807) is 6.07 Å². The fourth-order valence-corrected chi connectivity index (χ4v) is 1.55. The van der Waals surface area contributed by atoms with E-state index in [1.807, 2.05) is 27.7 Å². The number of carbonyl (C=O) groups excluding carboxylic acids is 1. The highest BCUT2D eigenvalue weighted by Gasteiger charge is 2.14. The van der Waals surface area contributed by atoms with E-state index in [-0.39, 0.29) is 11.4 Å². The molecule has 0 fully saturated rings. The van der Waals surface area contributed by atoms with Gasteiger partial charge in [0.1, 0.15) is 5.69 Å². The minimum Gasteiger partial charge on any atom is -0.351 e. The number of hydrogen-bond donors (Lipinski definition) is 2. The van der Waals surface area contributed by atoms with Gasteiger partial charge >= 0.3 is 0 Å². The van der Waals surface area contributed by atoms with E-state index >= 15 is 0 Å². The maximum absolute atomic E-state index is 12.0. The van der Waals surface area contributed by atoms with E-state index in [9.17, 15) is 4.79 Å². The fraction of sp³-hybridized carbons (Fsp3) is 0.643. The van der Waals surface area contributed by atoms with Gasteiger partial charge in [0.15, 0.2) is 0 Å². The topological polar surface area (TPSA) is 66.9 Å². The largest absolute Gasteiger partial charge is 0.351 e. The summed E-state index contributed by atoms with van der Waals surface area (Å²) < 4.78 is 0. The minimum absolute atomic E-state index is 0.135. The normalized spacial score (nSPS) is 11.2. The van der Waals surface area contributed by atoms with Gasteiger partial charge in [-0.15, -0.1) is 0 Å². The molecule has 5 heteroatoms. The summed E-state index contributed by atoms with van der Waals surface area (Å²) in [4.78, 5) is 20.5. The molecule has 0 aliphatic heterocycles. The highest BCUT2D eigenvalue weighted by molar-refractivity contribution is 5.92. The summed E-state index contributed by atoms with van der Waals surface area (Å²) in [5.41, 5.74) is 1.06. The number of aromatic nitrogens is 2. The van der Waals surface area contributed by atoms with Gasteiger partial charge in [-0.05, 0) is 40.2 Å². The molecular weight excluding hydrogens is 240 g/mol. The molecule has 0 aliphatic rings. The molecule has 0 saturated carbocycles. The number of nitrogens with one attached hydrogen (secondary N) is 2. The van der Waals surface area contributed by atoms with Crippen LogP contribution in [0.25, 0.3) is 0 Å². The summed E-state index contributed by atoms with van der Waals surface area (Å²) in [6.45, 7) is 10.7. The smallest absolute Gasteiger partial charge is 0.270 e. The van der Waals surface area contributed by atoms with Crippen LogP contribution in [0.3, 0.4) is 0 Å². The van der Waals surface area contributed by atoms with Crippen molar-refractivity contribution in [1.29, 1.82) is 0 Å². The third-order valence-electron chi connectivity index (χ3n) is 2.39. The van der Waals surface area contributed by atoms with Crippen LogP contribution < -0.4 is 10.6 Å². The molecule has 1 amide bonds. The zero-order chi connectivity index (χ0) is 14.5. The van der Waals surface area contributed by atoms with Crippen LogP contribution >= 0.6 is 0 Å². The van der Waals surface area contributed by atoms with Crippen LogP contribution in [0.1, 0.15) is 56.7 Å². The molecular formula is C14H24N4O. The molecule has 1 aromatic rings. The zero-order valence-corrected chi connectivity index (χ0v) is 12.5. The Hall–Kier alpha value is -1.65. The SMILES string of the molecule is CCCCNC(=O)c1cc(C)nc(NC(C)(C)C)n1. The number of nitrogens with zero attached hydrogens (tertiary/aromatic N) is 2. The van der Waals surface area contributed by atoms with Crippen molar-refractivity contribution in [2.45, 2.75) is 53.0 Å². The molecule has 0 spiro atoms. The minimum atomic E-state index is -0.143. The number of unbranched alkanes of at least 4 members (excludes halogenated alkanes) is 1. The molecule has 1 rings (SSSR count). The van der Waals surface area contributed by atoms with Crippen molar-refractivity contribution >= 4 is 11.9 Å². The molecule has 1 heterocycles. The Labute approximate surface area is 115 Å². The molecule has 106 valence electrons. The average molecular weight is 264 g/mol. The molecule has 0 bridgehead atoms. The lowest BCUT2D eigenvalue weighted by molar-refractivity contribution is 0.0948. The van der Waals surface area contributed by atoms with E-state index in [2.05, 4.69) is 27.5 Å². The quantitative estimate of drug-likeness (QED) is 0.802. The van der Waals surface area contributed by atoms with Crippen molar-refractivity contribution in [3.63, 3.8) is 0 Å². The summed E-state index contributed by atoms with van der Waals surface area (Å²) in [5.74, 6) is 0.351. The van der Waals surface area contributed by atoms with E-state index in [4.69, 9.17) is 0 Å². The molecule has 0 atom stereocenters. The predicted molar refractivity (Wildman–Crippen MR) is 77.4 cm³/mol. The Balaban J connectivity index is 2.81. The van der Waals surface area contributed by atoms with Gasteiger partial charge in [0.05, 0.1) is 0 Å². The molecule has 0 unspecified atom stereocenters. The van der Waals surface area contributed by atoms with Gasteiger partial charge < -0.3 is 10.6 Å². The first-order valence-corrected chi connectivity index (χ1v) is 6.74. The van der Waals surface area contributed by atoms with Gasteiger partial charge in [0, 0.05) is 17.8 Å². The molecule has 2 N–H and O–H groups in total. The summed E-state index contributed by atoms with van der Waals surface area (Å²) >= 11 is 0. The Bertz CT molecular complexity index is 438. The second-order valence-electron chi connectivity index (χ2n) is 5.70. The number of aryl methyl sites for hydroxylation is 1. The van der Waals surface area contributed by atoms with Crippen molar-refractivity contribution in [3.05, 3.63) is 17.5 Å². The Morgan fingerprint density at radius 2 is 2.00 bits per heavy atom. The van der Waals surface area contributed by atoms with Crippen LogP contribution in [-0.4, -0.2) is 28.0 Å². The van der Waals surface area contributed by atoms with Gasteiger partial charge in [0.25, 0.3) is 5.91 Å². The second-order valence-corrected chi connectivity index (χ2v) is 5.70. The summed E-state index contributed by atoms with van der Waals surface area (Å²) in [6.07, 6.45) is 2.03. The van der Waals surface area contributed by atoms with Gasteiger partial charge in [-0.25, -0.2) is 9.97 Å². The number of anilines is 1. The maximum Gasteiger partial charge on any atom is 0.270 e. The van der Waals surface area contributed by atoms with Gasteiger partial charge in [0.2, 0.25) is 5.95 Å². The third-order valence-corrected chi connectivity index (χ3v) is 2.39. The third kappa shape index (κ3) is 5.68. The molecule has 5 nitrogen and oxygen atoms in total. The lowest BCUT2D eigenvalue weighted by atomic mass is 10.1. The summed E-state index contributed by atoms with van der Waals surface area (Å²) in [7, 11) is 0. The lowest BCUT2D eigenvalue weighted by Gasteiger charge is -2.20. The molecule has 1 aromatic heterocycles. The molecule has 0 saturated heterocycles. The first-order valence-electron chi connectivity index (χ1n) is 6.74. The van der Waals surface area contributed by atoms with Crippen LogP contribution in [0.15, 0.2) is 6.07 Å².